The Bertz CT molecular complexity index is 730. The molecule has 1 spiro atoms. The molecule has 7 bridgehead atoms. The van der Waals surface area contributed by atoms with E-state index in [9.17, 15) is 9.90 Å². The van der Waals surface area contributed by atoms with Crippen LogP contribution in [0.15, 0.2) is 0 Å². The second kappa shape index (κ2) is 6.04. The van der Waals surface area contributed by atoms with Crippen LogP contribution in [0.25, 0.3) is 0 Å². The van der Waals surface area contributed by atoms with Crippen molar-refractivity contribution in [2.45, 2.75) is 62.6 Å². The molecule has 6 rings (SSSR count). The van der Waals surface area contributed by atoms with Crippen LogP contribution in [-0.4, -0.2) is 80.2 Å². The number of hydrogen-bond acceptors (Lipinski definition) is 6. The molecule has 6 nitrogen and oxygen atoms in total. The molecule has 1 saturated heterocycles. The Morgan fingerprint density at radius 2 is 1.90 bits per heavy atom. The molecule has 0 aromatic carbocycles. The lowest BCUT2D eigenvalue weighted by Crippen LogP contribution is -2.75. The van der Waals surface area contributed by atoms with Crippen LogP contribution in [0.4, 0.5) is 0 Å². The lowest BCUT2D eigenvalue weighted by molar-refractivity contribution is -0.251. The van der Waals surface area contributed by atoms with Crippen molar-refractivity contribution in [1.82, 2.24) is 4.90 Å². The number of carbonyl (C=O) groups excluding carboxylic acids is 1. The molecule has 0 aromatic heterocycles. The molecule has 162 valence electrons. The van der Waals surface area contributed by atoms with E-state index in [1.807, 2.05) is 7.11 Å². The lowest BCUT2D eigenvalue weighted by Gasteiger charge is -2.65. The van der Waals surface area contributed by atoms with Crippen molar-refractivity contribution < 1.29 is 24.1 Å². The first-order chi connectivity index (χ1) is 14.0. The summed E-state index contributed by atoms with van der Waals surface area (Å²) in [6.45, 7) is 3.99. The fraction of sp³-hybridized carbons (Fsp3) is 0.957. The molecule has 5 saturated carbocycles. The molecular formula is C23H35NO5. The number of methoxy groups -OCH3 is 3. The highest BCUT2D eigenvalue weighted by Gasteiger charge is 2.86. The van der Waals surface area contributed by atoms with Gasteiger partial charge in [0.2, 0.25) is 0 Å². The Morgan fingerprint density at radius 3 is 2.55 bits per heavy atom. The number of Topliss-reactive ketones (excluding diaryl/α,β-unsaturated/α-hetero) is 1. The number of nitrogens with zero attached hydrogens (tertiary/aromatic N) is 1. The van der Waals surface area contributed by atoms with Gasteiger partial charge in [-0.15, -0.1) is 0 Å². The van der Waals surface area contributed by atoms with Crippen LogP contribution in [0.3, 0.4) is 0 Å². The second-order valence-corrected chi connectivity index (χ2v) is 10.6. The van der Waals surface area contributed by atoms with E-state index in [0.717, 1.165) is 38.8 Å². The van der Waals surface area contributed by atoms with E-state index in [1.54, 1.807) is 14.2 Å². The van der Waals surface area contributed by atoms with Gasteiger partial charge < -0.3 is 19.3 Å². The van der Waals surface area contributed by atoms with E-state index in [2.05, 4.69) is 11.8 Å². The number of piperidine rings is 1. The Hall–Kier alpha value is -0.530. The standard InChI is InChI=1S/C23H35NO5/c1-5-24-10-11-6-7-16(28-3)22-13-8-12-15(27-2)9-14(17(13)19(12)29-4)23(26,21(22)24)20(25)18(11)22/h11-19,21,26H,5-10H2,1-4H3/t11-,12+,13+,14-,15-,16-,17-,18-,19-,21?,22-,23+/m0/s1. The normalized spacial score (nSPS) is 60.0. The number of hydrogen-bond donors (Lipinski definition) is 1. The van der Waals surface area contributed by atoms with Crippen LogP contribution >= 0.6 is 0 Å². The zero-order valence-electron chi connectivity index (χ0n) is 18.0. The van der Waals surface area contributed by atoms with Gasteiger partial charge in [0.1, 0.15) is 5.60 Å². The maximum Gasteiger partial charge on any atom is 0.170 e. The van der Waals surface area contributed by atoms with Gasteiger partial charge in [-0.2, -0.15) is 0 Å². The molecule has 5 aliphatic carbocycles. The van der Waals surface area contributed by atoms with Gasteiger partial charge in [-0.05, 0) is 50.0 Å². The highest BCUT2D eigenvalue weighted by molar-refractivity contribution is 5.96. The van der Waals surface area contributed by atoms with Crippen LogP contribution in [0.1, 0.15) is 32.6 Å². The summed E-state index contributed by atoms with van der Waals surface area (Å²) in [6.07, 6.45) is 3.96. The fourth-order valence-corrected chi connectivity index (χ4v) is 10.00. The Balaban J connectivity index is 1.62. The van der Waals surface area contributed by atoms with Gasteiger partial charge in [-0.1, -0.05) is 6.92 Å². The molecular weight excluding hydrogens is 370 g/mol. The number of aliphatic hydroxyl groups is 1. The minimum atomic E-state index is -1.30. The average Bonchev–Trinajstić information content (AvgIpc) is 3.08. The molecule has 0 amide bonds. The third kappa shape index (κ3) is 1.84. The van der Waals surface area contributed by atoms with E-state index < -0.39 is 5.60 Å². The van der Waals surface area contributed by atoms with Crippen molar-refractivity contribution in [2.24, 2.45) is 40.9 Å². The summed E-state index contributed by atoms with van der Waals surface area (Å²) < 4.78 is 18.2. The van der Waals surface area contributed by atoms with Crippen LogP contribution in [0.2, 0.25) is 0 Å². The molecule has 1 N–H and O–H groups in total. The van der Waals surface area contributed by atoms with Gasteiger partial charge in [-0.3, -0.25) is 9.69 Å². The second-order valence-electron chi connectivity index (χ2n) is 10.6. The van der Waals surface area contributed by atoms with Crippen LogP contribution < -0.4 is 0 Å². The van der Waals surface area contributed by atoms with Crippen molar-refractivity contribution in [3.05, 3.63) is 0 Å². The van der Waals surface area contributed by atoms with E-state index in [4.69, 9.17) is 14.2 Å². The third-order valence-corrected chi connectivity index (χ3v) is 10.5. The molecule has 6 heteroatoms. The number of ketones is 1. The van der Waals surface area contributed by atoms with Crippen LogP contribution in [-0.2, 0) is 19.0 Å². The quantitative estimate of drug-likeness (QED) is 0.762. The minimum absolute atomic E-state index is 0.0323. The lowest BCUT2D eigenvalue weighted by atomic mass is 9.46. The molecule has 6 aliphatic rings. The molecule has 0 aromatic rings. The summed E-state index contributed by atoms with van der Waals surface area (Å²) >= 11 is 0. The van der Waals surface area contributed by atoms with Crippen molar-refractivity contribution in [3.8, 4) is 0 Å². The van der Waals surface area contributed by atoms with E-state index in [-0.39, 0.29) is 53.3 Å². The number of likely N-dealkylation sites (tertiary alicyclic amines) is 1. The van der Waals surface area contributed by atoms with E-state index in [0.29, 0.717) is 17.8 Å². The van der Waals surface area contributed by atoms with Crippen molar-refractivity contribution >= 4 is 5.78 Å². The largest absolute Gasteiger partial charge is 0.381 e. The summed E-state index contributed by atoms with van der Waals surface area (Å²) in [5, 5.41) is 12.4. The van der Waals surface area contributed by atoms with Gasteiger partial charge in [-0.25, -0.2) is 0 Å². The molecule has 29 heavy (non-hydrogen) atoms. The maximum absolute atomic E-state index is 14.1. The summed E-state index contributed by atoms with van der Waals surface area (Å²) in [5.74, 6) is 1.24. The molecule has 1 unspecified atom stereocenters. The predicted octanol–water partition coefficient (Wildman–Crippen LogP) is 1.35. The molecule has 6 fully saturated rings. The molecule has 0 radical (unpaired) electrons. The van der Waals surface area contributed by atoms with Crippen molar-refractivity contribution in [1.29, 1.82) is 0 Å². The van der Waals surface area contributed by atoms with Gasteiger partial charge in [0.05, 0.1) is 24.4 Å². The smallest absolute Gasteiger partial charge is 0.170 e. The summed E-state index contributed by atoms with van der Waals surface area (Å²) in [4.78, 5) is 16.6. The van der Waals surface area contributed by atoms with Gasteiger partial charge >= 0.3 is 0 Å². The topological polar surface area (TPSA) is 68.2 Å². The maximum atomic E-state index is 14.1. The monoisotopic (exact) mass is 405 g/mol. The zero-order chi connectivity index (χ0) is 20.3. The average molecular weight is 406 g/mol. The SMILES string of the molecule is CCN1C[C@@H]2CC[C@H](OC)[C@]34C1[C@](O)(C(=O)[C@H]23)[C@H]1C[C@H](OC)[C@H]2C[C@@H]4[C@@H]1[C@H]2OC. The van der Waals surface area contributed by atoms with E-state index in [1.165, 1.54) is 0 Å². The minimum Gasteiger partial charge on any atom is -0.381 e. The molecule has 1 heterocycles. The number of rotatable bonds is 4. The number of likely N-dealkylation sites (N-methyl/N-ethyl adjacent to an activating group) is 1. The van der Waals surface area contributed by atoms with Gasteiger partial charge in [0.25, 0.3) is 0 Å². The van der Waals surface area contributed by atoms with E-state index >= 15 is 0 Å². The number of carbonyl (C=O) groups is 1. The summed E-state index contributed by atoms with van der Waals surface area (Å²) in [6, 6.07) is -0.128. The highest BCUT2D eigenvalue weighted by atomic mass is 16.5. The third-order valence-electron chi connectivity index (χ3n) is 10.5. The summed E-state index contributed by atoms with van der Waals surface area (Å²) in [5.41, 5.74) is -1.59. The van der Waals surface area contributed by atoms with Crippen molar-refractivity contribution in [3.63, 3.8) is 0 Å². The molecule has 12 atom stereocenters. The zero-order valence-corrected chi connectivity index (χ0v) is 18.0. The van der Waals surface area contributed by atoms with Crippen LogP contribution in [0.5, 0.6) is 0 Å². The Morgan fingerprint density at radius 1 is 1.10 bits per heavy atom. The van der Waals surface area contributed by atoms with Crippen molar-refractivity contribution in [2.75, 3.05) is 34.4 Å². The Labute approximate surface area is 173 Å². The first-order valence-corrected chi connectivity index (χ1v) is 11.6. The fourth-order valence-electron chi connectivity index (χ4n) is 10.00. The van der Waals surface area contributed by atoms with Crippen LogP contribution in [0, 0.1) is 40.9 Å². The number of fused-ring (bicyclic) bond motifs is 2. The Kier molecular flexibility index (Phi) is 3.99. The first-order valence-electron chi connectivity index (χ1n) is 11.6. The highest BCUT2D eigenvalue weighted by Crippen LogP contribution is 2.76. The molecule has 1 aliphatic heterocycles. The van der Waals surface area contributed by atoms with Gasteiger partial charge in [0, 0.05) is 51.0 Å². The predicted molar refractivity (Wildman–Crippen MR) is 105 cm³/mol. The summed E-state index contributed by atoms with van der Waals surface area (Å²) in [7, 11) is 5.38. The number of ether oxygens (including phenoxy) is 3. The first kappa shape index (κ1) is 19.2. The van der Waals surface area contributed by atoms with Gasteiger partial charge in [0.15, 0.2) is 5.78 Å².